The normalized spacial score (nSPS) is 12.1. The van der Waals surface area contributed by atoms with Gasteiger partial charge in [-0.1, -0.05) is 6.07 Å². The van der Waals surface area contributed by atoms with E-state index in [1.807, 2.05) is 28.1 Å². The van der Waals surface area contributed by atoms with Gasteiger partial charge < -0.3 is 10.2 Å². The maximum Gasteiger partial charge on any atom is 0.275 e. The minimum atomic E-state index is -1.26. The van der Waals surface area contributed by atoms with Crippen LogP contribution >= 0.6 is 22.6 Å². The van der Waals surface area contributed by atoms with Gasteiger partial charge in [-0.3, -0.25) is 9.63 Å². The maximum atomic E-state index is 14.2. The predicted octanol–water partition coefficient (Wildman–Crippen LogP) is 2.31. The number of hydrogen-bond donors (Lipinski definition) is 3. The SMILES string of the molecule is O=C(NOC[C@H](O)CO)c1ccc(F)c(F)c1Cc1ccc(I)cc1F. The van der Waals surface area contributed by atoms with Crippen molar-refractivity contribution in [2.45, 2.75) is 12.5 Å². The Kier molecular flexibility index (Phi) is 7.38. The topological polar surface area (TPSA) is 78.8 Å². The standard InChI is InChI=1S/C17H15F3INO4/c18-14-4-3-12(17(25)22-26-8-11(24)7-23)13(16(14)20)5-9-1-2-10(21)6-15(9)19/h1-4,6,11,23-24H,5,7-8H2,(H,22,25)/t11-/m1/s1. The number of aliphatic hydroxyl groups is 2. The molecule has 0 aliphatic rings. The second-order valence-corrected chi connectivity index (χ2v) is 6.62. The molecule has 1 atom stereocenters. The molecule has 0 aromatic heterocycles. The average molecular weight is 481 g/mol. The lowest BCUT2D eigenvalue weighted by Crippen LogP contribution is -2.30. The van der Waals surface area contributed by atoms with Crippen LogP contribution in [0.5, 0.6) is 0 Å². The molecule has 0 bridgehead atoms. The number of halogens is 4. The van der Waals surface area contributed by atoms with Gasteiger partial charge in [0.25, 0.3) is 5.91 Å². The number of benzene rings is 2. The molecule has 1 amide bonds. The van der Waals surface area contributed by atoms with Crippen molar-refractivity contribution >= 4 is 28.5 Å². The molecule has 0 saturated carbocycles. The lowest BCUT2D eigenvalue weighted by Gasteiger charge is -2.13. The molecule has 3 N–H and O–H groups in total. The third-order valence-corrected chi connectivity index (χ3v) is 4.15. The van der Waals surface area contributed by atoms with E-state index in [0.29, 0.717) is 3.57 Å². The van der Waals surface area contributed by atoms with Crippen LogP contribution in [0.1, 0.15) is 21.5 Å². The molecule has 0 aliphatic carbocycles. The van der Waals surface area contributed by atoms with Gasteiger partial charge in [0.05, 0.1) is 6.61 Å². The number of hydrogen-bond acceptors (Lipinski definition) is 4. The van der Waals surface area contributed by atoms with Crippen molar-refractivity contribution < 1.29 is 33.0 Å². The molecule has 9 heteroatoms. The number of carbonyl (C=O) groups excluding carboxylic acids is 1. The molecule has 0 heterocycles. The van der Waals surface area contributed by atoms with Gasteiger partial charge in [0.1, 0.15) is 18.5 Å². The van der Waals surface area contributed by atoms with Crippen LogP contribution in [0.4, 0.5) is 13.2 Å². The molecule has 0 fully saturated rings. The minimum absolute atomic E-state index is 0.0978. The Morgan fingerprint density at radius 3 is 2.58 bits per heavy atom. The molecular formula is C17H15F3INO4. The van der Waals surface area contributed by atoms with Gasteiger partial charge in [-0.2, -0.15) is 0 Å². The Hall–Kier alpha value is -1.69. The highest BCUT2D eigenvalue weighted by Gasteiger charge is 2.20. The highest BCUT2D eigenvalue weighted by atomic mass is 127. The van der Waals surface area contributed by atoms with Crippen LogP contribution in [-0.4, -0.2) is 35.4 Å². The number of amides is 1. The molecule has 0 saturated heterocycles. The molecule has 0 aliphatic heterocycles. The Morgan fingerprint density at radius 2 is 1.92 bits per heavy atom. The maximum absolute atomic E-state index is 14.2. The van der Waals surface area contributed by atoms with Crippen LogP contribution in [0, 0.1) is 21.0 Å². The molecule has 0 spiro atoms. The van der Waals surface area contributed by atoms with E-state index in [4.69, 9.17) is 15.1 Å². The van der Waals surface area contributed by atoms with Gasteiger partial charge in [-0.05, 0) is 52.4 Å². The minimum Gasteiger partial charge on any atom is -0.394 e. The Balaban J connectivity index is 2.27. The van der Waals surface area contributed by atoms with Crippen LogP contribution in [0.3, 0.4) is 0 Å². The van der Waals surface area contributed by atoms with Gasteiger partial charge >= 0.3 is 0 Å². The lowest BCUT2D eigenvalue weighted by atomic mass is 9.98. The summed E-state index contributed by atoms with van der Waals surface area (Å²) in [5.74, 6) is -3.92. The van der Waals surface area contributed by atoms with E-state index in [-0.39, 0.29) is 23.1 Å². The van der Waals surface area contributed by atoms with Crippen molar-refractivity contribution in [3.8, 4) is 0 Å². The molecular weight excluding hydrogens is 466 g/mol. The molecule has 26 heavy (non-hydrogen) atoms. The van der Waals surface area contributed by atoms with E-state index >= 15 is 0 Å². The van der Waals surface area contributed by atoms with E-state index in [1.165, 1.54) is 12.1 Å². The molecule has 2 rings (SSSR count). The number of hydroxylamine groups is 1. The van der Waals surface area contributed by atoms with Crippen LogP contribution < -0.4 is 5.48 Å². The quantitative estimate of drug-likeness (QED) is 0.419. The van der Waals surface area contributed by atoms with Gasteiger partial charge in [-0.15, -0.1) is 0 Å². The average Bonchev–Trinajstić information content (AvgIpc) is 2.60. The Labute approximate surface area is 160 Å². The van der Waals surface area contributed by atoms with Crippen LogP contribution in [0.2, 0.25) is 0 Å². The summed E-state index contributed by atoms with van der Waals surface area (Å²) < 4.78 is 42.5. The summed E-state index contributed by atoms with van der Waals surface area (Å²) in [6.07, 6.45) is -1.55. The summed E-state index contributed by atoms with van der Waals surface area (Å²) in [6.45, 7) is -0.967. The predicted molar refractivity (Wildman–Crippen MR) is 94.8 cm³/mol. The van der Waals surface area contributed by atoms with Gasteiger partial charge in [-0.25, -0.2) is 18.7 Å². The first-order valence-corrected chi connectivity index (χ1v) is 8.53. The van der Waals surface area contributed by atoms with Crippen molar-refractivity contribution in [2.24, 2.45) is 0 Å². The summed E-state index contributed by atoms with van der Waals surface area (Å²) in [5, 5.41) is 17.8. The number of nitrogens with one attached hydrogen (secondary N) is 1. The Bertz CT molecular complexity index is 804. The third kappa shape index (κ3) is 5.16. The third-order valence-electron chi connectivity index (χ3n) is 3.47. The zero-order valence-electron chi connectivity index (χ0n) is 13.3. The Morgan fingerprint density at radius 1 is 1.19 bits per heavy atom. The summed E-state index contributed by atoms with van der Waals surface area (Å²) in [5.41, 5.74) is 1.50. The van der Waals surface area contributed by atoms with Crippen LogP contribution in [0.25, 0.3) is 0 Å². The van der Waals surface area contributed by atoms with E-state index in [1.54, 1.807) is 6.07 Å². The number of rotatable bonds is 7. The smallest absolute Gasteiger partial charge is 0.275 e. The van der Waals surface area contributed by atoms with Gasteiger partial charge in [0, 0.05) is 21.1 Å². The zero-order valence-corrected chi connectivity index (χ0v) is 15.5. The van der Waals surface area contributed by atoms with Gasteiger partial charge in [0.2, 0.25) is 0 Å². The summed E-state index contributed by atoms with van der Waals surface area (Å²) in [4.78, 5) is 16.9. The molecule has 2 aromatic carbocycles. The zero-order chi connectivity index (χ0) is 19.3. The lowest BCUT2D eigenvalue weighted by molar-refractivity contribution is -0.0295. The van der Waals surface area contributed by atoms with Crippen molar-refractivity contribution in [3.05, 3.63) is 68.0 Å². The molecule has 2 aromatic rings. The van der Waals surface area contributed by atoms with Crippen molar-refractivity contribution in [1.29, 1.82) is 0 Å². The van der Waals surface area contributed by atoms with E-state index in [0.717, 1.165) is 12.1 Å². The summed E-state index contributed by atoms with van der Waals surface area (Å²) in [6, 6.07) is 6.11. The first-order chi connectivity index (χ1) is 12.3. The van der Waals surface area contributed by atoms with Crippen molar-refractivity contribution in [1.82, 2.24) is 5.48 Å². The summed E-state index contributed by atoms with van der Waals surface area (Å²) >= 11 is 1.91. The second kappa shape index (κ2) is 9.31. The van der Waals surface area contributed by atoms with E-state index < -0.39 is 42.7 Å². The van der Waals surface area contributed by atoms with Gasteiger partial charge in [0.15, 0.2) is 11.6 Å². The van der Waals surface area contributed by atoms with Crippen molar-refractivity contribution in [2.75, 3.05) is 13.2 Å². The fraction of sp³-hybridized carbons (Fsp3) is 0.235. The first-order valence-electron chi connectivity index (χ1n) is 7.45. The first kappa shape index (κ1) is 20.6. The molecule has 140 valence electrons. The number of aliphatic hydroxyl groups excluding tert-OH is 2. The monoisotopic (exact) mass is 481 g/mol. The highest BCUT2D eigenvalue weighted by molar-refractivity contribution is 14.1. The summed E-state index contributed by atoms with van der Waals surface area (Å²) in [7, 11) is 0. The van der Waals surface area contributed by atoms with Crippen LogP contribution in [0.15, 0.2) is 30.3 Å². The fourth-order valence-electron chi connectivity index (χ4n) is 2.14. The van der Waals surface area contributed by atoms with E-state index in [2.05, 4.69) is 0 Å². The van der Waals surface area contributed by atoms with E-state index in [9.17, 15) is 18.0 Å². The fourth-order valence-corrected chi connectivity index (χ4v) is 2.60. The second-order valence-electron chi connectivity index (χ2n) is 5.38. The number of carbonyl (C=O) groups is 1. The van der Waals surface area contributed by atoms with Crippen molar-refractivity contribution in [3.63, 3.8) is 0 Å². The highest BCUT2D eigenvalue weighted by Crippen LogP contribution is 2.23. The largest absolute Gasteiger partial charge is 0.394 e. The molecule has 5 nitrogen and oxygen atoms in total. The molecule has 0 radical (unpaired) electrons. The van der Waals surface area contributed by atoms with Crippen LogP contribution in [-0.2, 0) is 11.3 Å². The molecule has 0 unspecified atom stereocenters.